The summed E-state index contributed by atoms with van der Waals surface area (Å²) in [5, 5.41) is 4.41. The van der Waals surface area contributed by atoms with Crippen LogP contribution in [0.15, 0.2) is 181 Å². The van der Waals surface area contributed by atoms with Crippen LogP contribution in [-0.2, 0) is 0 Å². The van der Waals surface area contributed by atoms with E-state index in [0.717, 1.165) is 66.1 Å². The molecule has 0 aliphatic carbocycles. The van der Waals surface area contributed by atoms with Crippen LogP contribution >= 0.6 is 0 Å². The Morgan fingerprint density at radius 1 is 0.280 bits per heavy atom. The summed E-state index contributed by atoms with van der Waals surface area (Å²) in [7, 11) is 0. The lowest BCUT2D eigenvalue weighted by molar-refractivity contribution is 1.64. The molecule has 0 bridgehead atoms. The second-order valence-corrected chi connectivity index (χ2v) is 11.5. The zero-order valence-electron chi connectivity index (χ0n) is 27.3. The van der Waals surface area contributed by atoms with E-state index in [-0.39, 0.29) is 0 Å². The summed E-state index contributed by atoms with van der Waals surface area (Å²) in [6.45, 7) is 0. The largest absolute Gasteiger partial charge is 0.0757 e. The molecule has 0 unspecified atom stereocenters. The van der Waals surface area contributed by atoms with E-state index in [1.807, 2.05) is 121 Å². The molecule has 50 heavy (non-hydrogen) atoms. The zero-order chi connectivity index (χ0) is 33.8. The van der Waals surface area contributed by atoms with Crippen LogP contribution in [0.5, 0.6) is 0 Å². The summed E-state index contributed by atoms with van der Waals surface area (Å²) in [4.78, 5) is 0. The molecule has 0 aliphatic rings. The maximum Gasteiger partial charge on any atom is 0.0757 e. The summed E-state index contributed by atoms with van der Waals surface area (Å²) in [5.74, 6) is 26.9. The molecule has 0 heterocycles. The van der Waals surface area contributed by atoms with Crippen molar-refractivity contribution in [1.29, 1.82) is 0 Å². The monoisotopic (exact) mass is 630 g/mol. The van der Waals surface area contributed by atoms with Crippen LogP contribution in [0.1, 0.15) is 33.4 Å². The minimum Gasteiger partial charge on any atom is -0.0622 e. The zero-order valence-corrected chi connectivity index (χ0v) is 27.3. The second kappa shape index (κ2) is 15.6. The molecule has 230 valence electrons. The Balaban J connectivity index is 1.44. The average molecular weight is 631 g/mol. The highest BCUT2D eigenvalue weighted by molar-refractivity contribution is 6.13. The van der Waals surface area contributed by atoms with E-state index in [9.17, 15) is 0 Å². The van der Waals surface area contributed by atoms with Gasteiger partial charge < -0.3 is 0 Å². The Morgan fingerprint density at radius 2 is 0.500 bits per heavy atom. The predicted molar refractivity (Wildman–Crippen MR) is 211 cm³/mol. The van der Waals surface area contributed by atoms with E-state index in [2.05, 4.69) is 108 Å². The quantitative estimate of drug-likeness (QED) is 0.132. The molecule has 7 aromatic rings. The molecular formula is C50H30. The number of hydrogen-bond acceptors (Lipinski definition) is 0. The van der Waals surface area contributed by atoms with E-state index in [1.165, 1.54) is 0 Å². The summed E-state index contributed by atoms with van der Waals surface area (Å²) in [6.07, 6.45) is 4.27. The predicted octanol–water partition coefficient (Wildman–Crippen LogP) is 11.0. The highest BCUT2D eigenvalue weighted by Crippen LogP contribution is 2.35. The molecule has 0 heteroatoms. The number of benzene rings is 7. The van der Waals surface area contributed by atoms with Crippen LogP contribution in [-0.4, -0.2) is 0 Å². The van der Waals surface area contributed by atoms with Crippen LogP contribution in [0.3, 0.4) is 0 Å². The fourth-order valence-corrected chi connectivity index (χ4v) is 5.65. The molecule has 7 aromatic carbocycles. The first-order valence-corrected chi connectivity index (χ1v) is 16.5. The van der Waals surface area contributed by atoms with Crippen LogP contribution in [0.4, 0.5) is 0 Å². The van der Waals surface area contributed by atoms with Gasteiger partial charge in [0.2, 0.25) is 0 Å². The van der Waals surface area contributed by atoms with Gasteiger partial charge >= 0.3 is 0 Å². The minimum atomic E-state index is 0.736. The maximum absolute atomic E-state index is 3.38. The molecule has 0 nitrogen and oxygen atoms in total. The van der Waals surface area contributed by atoms with E-state index in [0.29, 0.717) is 0 Å². The Bertz CT molecular complexity index is 2250. The van der Waals surface area contributed by atoms with Crippen molar-refractivity contribution < 1.29 is 0 Å². The van der Waals surface area contributed by atoms with Gasteiger partial charge in [-0.1, -0.05) is 169 Å². The summed E-state index contributed by atoms with van der Waals surface area (Å²) in [6, 6.07) is 57.1. The van der Waals surface area contributed by atoms with Crippen molar-refractivity contribution in [1.82, 2.24) is 0 Å². The minimum absolute atomic E-state index is 0.736. The summed E-state index contributed by atoms with van der Waals surface area (Å²) >= 11 is 0. The number of rotatable bonds is 2. The van der Waals surface area contributed by atoms with E-state index < -0.39 is 0 Å². The molecule has 0 fully saturated rings. The first-order chi connectivity index (χ1) is 24.8. The number of allylic oxidation sites excluding steroid dienone is 2. The lowest BCUT2D eigenvalue weighted by Gasteiger charge is -2.13. The molecule has 0 atom stereocenters. The van der Waals surface area contributed by atoms with Gasteiger partial charge in [-0.3, -0.25) is 0 Å². The smallest absolute Gasteiger partial charge is 0.0622 e. The third-order valence-corrected chi connectivity index (χ3v) is 8.05. The van der Waals surface area contributed by atoms with Crippen molar-refractivity contribution in [3.8, 4) is 47.4 Å². The van der Waals surface area contributed by atoms with Crippen LogP contribution < -0.4 is 0 Å². The molecule has 0 spiro atoms. The van der Waals surface area contributed by atoms with Crippen LogP contribution in [0.2, 0.25) is 0 Å². The van der Waals surface area contributed by atoms with Gasteiger partial charge in [0.05, 0.1) is 11.1 Å². The number of hydrogen-bond donors (Lipinski definition) is 0. The maximum atomic E-state index is 3.38. The van der Waals surface area contributed by atoms with Gasteiger partial charge in [0.1, 0.15) is 0 Å². The second-order valence-electron chi connectivity index (χ2n) is 11.5. The highest BCUT2D eigenvalue weighted by Gasteiger charge is 2.12. The third-order valence-electron chi connectivity index (χ3n) is 8.05. The third kappa shape index (κ3) is 7.83. The van der Waals surface area contributed by atoms with Crippen molar-refractivity contribution in [3.63, 3.8) is 0 Å². The van der Waals surface area contributed by atoms with Gasteiger partial charge in [-0.15, -0.1) is 0 Å². The number of fused-ring (bicyclic) bond motifs is 2. The van der Waals surface area contributed by atoms with E-state index in [1.54, 1.807) is 0 Å². The molecule has 7 rings (SSSR count). The molecule has 0 amide bonds. The molecule has 0 saturated carbocycles. The van der Waals surface area contributed by atoms with Crippen molar-refractivity contribution >= 4 is 33.7 Å². The SMILES string of the molecule is C(#Cc1ccccc1)C(C#Cc1ccccc1)=Cc1c2ccccc2c(C=C(C#Cc2ccccc2)C#Cc2ccccc2)c2ccccc12. The molecule has 0 N–H and O–H groups in total. The topological polar surface area (TPSA) is 0 Å². The fraction of sp³-hybridized carbons (Fsp3) is 0. The molecule has 0 saturated heterocycles. The molecule has 0 aromatic heterocycles. The fourth-order valence-electron chi connectivity index (χ4n) is 5.65. The van der Waals surface area contributed by atoms with Crippen molar-refractivity contribution in [3.05, 3.63) is 214 Å². The van der Waals surface area contributed by atoms with Crippen LogP contribution in [0.25, 0.3) is 33.7 Å². The van der Waals surface area contributed by atoms with Gasteiger partial charge in [0, 0.05) is 22.3 Å². The summed E-state index contributed by atoms with van der Waals surface area (Å²) < 4.78 is 0. The van der Waals surface area contributed by atoms with Gasteiger partial charge in [-0.2, -0.15) is 0 Å². The lowest BCUT2D eigenvalue weighted by atomic mass is 9.90. The van der Waals surface area contributed by atoms with Crippen LogP contribution in [0, 0.1) is 47.4 Å². The Labute approximate surface area is 294 Å². The van der Waals surface area contributed by atoms with E-state index >= 15 is 0 Å². The van der Waals surface area contributed by atoms with Gasteiger partial charge in [0.25, 0.3) is 0 Å². The standard InChI is InChI=1S/C50H30/c1-5-17-39(18-6-1)29-33-43(34-30-40-19-7-2-8-20-40)37-49-45-25-13-15-27-47(45)50(48-28-16-14-26-46(48)49)38-44(35-31-41-21-9-3-10-22-41)36-32-42-23-11-4-12-24-42/h1-28,37-38H. The summed E-state index contributed by atoms with van der Waals surface area (Å²) in [5.41, 5.74) is 7.37. The molecule has 0 radical (unpaired) electrons. The highest BCUT2D eigenvalue weighted by atomic mass is 14.1. The molecular weight excluding hydrogens is 601 g/mol. The normalized spacial score (nSPS) is 9.76. The van der Waals surface area contributed by atoms with Gasteiger partial charge in [-0.25, -0.2) is 0 Å². The van der Waals surface area contributed by atoms with Gasteiger partial charge in [-0.05, 0) is 93.4 Å². The van der Waals surface area contributed by atoms with Crippen molar-refractivity contribution in [2.75, 3.05) is 0 Å². The first kappa shape index (κ1) is 31.4. The van der Waals surface area contributed by atoms with Crippen molar-refractivity contribution in [2.45, 2.75) is 0 Å². The Hall–Kier alpha value is -7.22. The lowest BCUT2D eigenvalue weighted by Crippen LogP contribution is -1.91. The van der Waals surface area contributed by atoms with E-state index in [4.69, 9.17) is 0 Å². The molecule has 0 aliphatic heterocycles. The first-order valence-electron chi connectivity index (χ1n) is 16.5. The van der Waals surface area contributed by atoms with Gasteiger partial charge in [0.15, 0.2) is 0 Å². The average Bonchev–Trinajstić information content (AvgIpc) is 3.19. The Kier molecular flexibility index (Phi) is 9.78. The Morgan fingerprint density at radius 3 is 0.740 bits per heavy atom. The van der Waals surface area contributed by atoms with Crippen molar-refractivity contribution in [2.24, 2.45) is 0 Å².